The standard InChI is InChI=1S/C15H12O2S/c16-13(15-6-3-9-18-15)10-14-12-5-2-1-4-11(12)7-8-17-14/h1-9,14H,10H2/t14-/m1/s1. The van der Waals surface area contributed by atoms with Gasteiger partial charge in [0, 0.05) is 5.56 Å². The monoisotopic (exact) mass is 256 g/mol. The summed E-state index contributed by atoms with van der Waals surface area (Å²) < 4.78 is 5.58. The lowest BCUT2D eigenvalue weighted by molar-refractivity contribution is 0.0843. The van der Waals surface area contributed by atoms with Gasteiger partial charge in [-0.2, -0.15) is 0 Å². The Morgan fingerprint density at radius 2 is 2.11 bits per heavy atom. The molecule has 0 N–H and O–H groups in total. The fourth-order valence-corrected chi connectivity index (χ4v) is 2.78. The van der Waals surface area contributed by atoms with Crippen molar-refractivity contribution < 1.29 is 9.53 Å². The van der Waals surface area contributed by atoms with Crippen molar-refractivity contribution in [2.75, 3.05) is 0 Å². The molecule has 0 spiro atoms. The molecular weight excluding hydrogens is 244 g/mol. The number of carbonyl (C=O) groups excluding carboxylic acids is 1. The number of fused-ring (bicyclic) bond motifs is 1. The van der Waals surface area contributed by atoms with Crippen molar-refractivity contribution in [1.29, 1.82) is 0 Å². The van der Waals surface area contributed by atoms with Gasteiger partial charge in [0.1, 0.15) is 6.10 Å². The maximum atomic E-state index is 12.1. The van der Waals surface area contributed by atoms with E-state index in [1.165, 1.54) is 11.3 Å². The van der Waals surface area contributed by atoms with Crippen LogP contribution in [0.2, 0.25) is 0 Å². The molecule has 0 saturated heterocycles. The van der Waals surface area contributed by atoms with Gasteiger partial charge in [0.05, 0.1) is 17.6 Å². The van der Waals surface area contributed by atoms with Gasteiger partial charge in [0.15, 0.2) is 5.78 Å². The third-order valence-corrected chi connectivity index (χ3v) is 3.91. The minimum atomic E-state index is -0.166. The first-order valence-electron chi connectivity index (χ1n) is 5.82. The molecule has 1 aromatic heterocycles. The van der Waals surface area contributed by atoms with Crippen LogP contribution in [0.5, 0.6) is 0 Å². The Bertz CT molecular complexity index is 584. The molecule has 1 aliphatic heterocycles. The number of carbonyl (C=O) groups is 1. The molecule has 0 bridgehead atoms. The second-order valence-corrected chi connectivity index (χ2v) is 5.11. The van der Waals surface area contributed by atoms with Crippen molar-refractivity contribution in [2.45, 2.75) is 12.5 Å². The average Bonchev–Trinajstić information content (AvgIpc) is 2.93. The smallest absolute Gasteiger partial charge is 0.176 e. The van der Waals surface area contributed by atoms with Gasteiger partial charge in [-0.05, 0) is 23.1 Å². The molecule has 2 aromatic rings. The van der Waals surface area contributed by atoms with E-state index in [9.17, 15) is 4.79 Å². The highest BCUT2D eigenvalue weighted by atomic mass is 32.1. The predicted octanol–water partition coefficient (Wildman–Crippen LogP) is 4.06. The molecule has 1 atom stereocenters. The molecule has 3 rings (SSSR count). The lowest BCUT2D eigenvalue weighted by atomic mass is 9.97. The molecule has 0 saturated carbocycles. The highest BCUT2D eigenvalue weighted by molar-refractivity contribution is 7.12. The summed E-state index contributed by atoms with van der Waals surface area (Å²) in [6.07, 6.45) is 3.83. The van der Waals surface area contributed by atoms with Crippen LogP contribution < -0.4 is 0 Å². The van der Waals surface area contributed by atoms with E-state index >= 15 is 0 Å². The lowest BCUT2D eigenvalue weighted by Gasteiger charge is -2.21. The van der Waals surface area contributed by atoms with Crippen LogP contribution in [0.25, 0.3) is 6.08 Å². The van der Waals surface area contributed by atoms with Crippen molar-refractivity contribution in [2.24, 2.45) is 0 Å². The minimum Gasteiger partial charge on any atom is -0.493 e. The van der Waals surface area contributed by atoms with Gasteiger partial charge >= 0.3 is 0 Å². The first-order valence-corrected chi connectivity index (χ1v) is 6.70. The Hall–Kier alpha value is -1.87. The van der Waals surface area contributed by atoms with Gasteiger partial charge in [-0.25, -0.2) is 0 Å². The molecule has 0 unspecified atom stereocenters. The molecule has 2 nitrogen and oxygen atoms in total. The number of ketones is 1. The second kappa shape index (κ2) is 4.78. The van der Waals surface area contributed by atoms with Crippen LogP contribution in [0.15, 0.2) is 48.0 Å². The summed E-state index contributed by atoms with van der Waals surface area (Å²) in [4.78, 5) is 12.9. The number of hydrogen-bond acceptors (Lipinski definition) is 3. The number of benzene rings is 1. The third-order valence-electron chi connectivity index (χ3n) is 3.00. The van der Waals surface area contributed by atoms with Gasteiger partial charge in [0.25, 0.3) is 0 Å². The minimum absolute atomic E-state index is 0.139. The molecule has 3 heteroatoms. The van der Waals surface area contributed by atoms with Crippen LogP contribution in [-0.4, -0.2) is 5.78 Å². The van der Waals surface area contributed by atoms with Crippen molar-refractivity contribution in [3.05, 3.63) is 64.0 Å². The highest BCUT2D eigenvalue weighted by Gasteiger charge is 2.22. The highest BCUT2D eigenvalue weighted by Crippen LogP contribution is 2.31. The lowest BCUT2D eigenvalue weighted by Crippen LogP contribution is -2.11. The van der Waals surface area contributed by atoms with Gasteiger partial charge in [-0.3, -0.25) is 4.79 Å². The normalized spacial score (nSPS) is 17.0. The molecule has 1 aromatic carbocycles. The zero-order valence-corrected chi connectivity index (χ0v) is 10.5. The third kappa shape index (κ3) is 2.09. The summed E-state index contributed by atoms with van der Waals surface area (Å²) in [6.45, 7) is 0. The zero-order valence-electron chi connectivity index (χ0n) is 9.71. The van der Waals surface area contributed by atoms with Crippen molar-refractivity contribution in [3.8, 4) is 0 Å². The fraction of sp³-hybridized carbons (Fsp3) is 0.133. The largest absolute Gasteiger partial charge is 0.493 e. The maximum Gasteiger partial charge on any atom is 0.176 e. The van der Waals surface area contributed by atoms with Gasteiger partial charge in [-0.1, -0.05) is 30.3 Å². The van der Waals surface area contributed by atoms with Gasteiger partial charge in [0.2, 0.25) is 0 Å². The van der Waals surface area contributed by atoms with Gasteiger partial charge < -0.3 is 4.74 Å². The van der Waals surface area contributed by atoms with Crippen LogP contribution >= 0.6 is 11.3 Å². The van der Waals surface area contributed by atoms with E-state index < -0.39 is 0 Å². The van der Waals surface area contributed by atoms with E-state index in [4.69, 9.17) is 4.74 Å². The molecule has 0 aliphatic carbocycles. The molecule has 2 heterocycles. The molecular formula is C15H12O2S. The first kappa shape index (κ1) is 11.2. The quantitative estimate of drug-likeness (QED) is 0.774. The van der Waals surface area contributed by atoms with Crippen LogP contribution in [0.4, 0.5) is 0 Å². The van der Waals surface area contributed by atoms with E-state index in [0.29, 0.717) is 6.42 Å². The number of hydrogen-bond donors (Lipinski definition) is 0. The van der Waals surface area contributed by atoms with Gasteiger partial charge in [-0.15, -0.1) is 11.3 Å². The maximum absolute atomic E-state index is 12.1. The number of thiophene rings is 1. The summed E-state index contributed by atoms with van der Waals surface area (Å²) in [6, 6.07) is 11.8. The predicted molar refractivity (Wildman–Crippen MR) is 72.6 cm³/mol. The SMILES string of the molecule is O=C(C[C@H]1OC=Cc2ccccc21)c1cccs1. The number of rotatable bonds is 3. The molecule has 90 valence electrons. The Kier molecular flexibility index (Phi) is 2.99. The average molecular weight is 256 g/mol. The van der Waals surface area contributed by atoms with E-state index in [1.54, 1.807) is 6.26 Å². The Balaban J connectivity index is 1.82. The summed E-state index contributed by atoms with van der Waals surface area (Å²) in [7, 11) is 0. The molecule has 1 aliphatic rings. The van der Waals surface area contributed by atoms with E-state index in [2.05, 4.69) is 0 Å². The topological polar surface area (TPSA) is 26.3 Å². The van der Waals surface area contributed by atoms with E-state index in [1.807, 2.05) is 47.9 Å². The van der Waals surface area contributed by atoms with Crippen molar-refractivity contribution >= 4 is 23.2 Å². The van der Waals surface area contributed by atoms with Crippen molar-refractivity contribution in [3.63, 3.8) is 0 Å². The second-order valence-electron chi connectivity index (χ2n) is 4.16. The number of Topliss-reactive ketones (excluding diaryl/α,β-unsaturated/α-hetero) is 1. The van der Waals surface area contributed by atoms with E-state index in [-0.39, 0.29) is 11.9 Å². The van der Waals surface area contributed by atoms with Crippen molar-refractivity contribution in [1.82, 2.24) is 0 Å². The zero-order chi connectivity index (χ0) is 12.4. The first-order chi connectivity index (χ1) is 8.84. The summed E-state index contributed by atoms with van der Waals surface area (Å²) >= 11 is 1.48. The summed E-state index contributed by atoms with van der Waals surface area (Å²) in [5.74, 6) is 0.139. The Morgan fingerprint density at radius 3 is 2.94 bits per heavy atom. The fourth-order valence-electron chi connectivity index (χ4n) is 2.10. The summed E-state index contributed by atoms with van der Waals surface area (Å²) in [5.41, 5.74) is 2.22. The van der Waals surface area contributed by atoms with E-state index in [0.717, 1.165) is 16.0 Å². The molecule has 0 fully saturated rings. The molecule has 18 heavy (non-hydrogen) atoms. The molecule has 0 amide bonds. The van der Waals surface area contributed by atoms with Crippen LogP contribution in [0.3, 0.4) is 0 Å². The molecule has 0 radical (unpaired) electrons. The number of ether oxygens (including phenoxy) is 1. The Morgan fingerprint density at radius 1 is 1.22 bits per heavy atom. The van der Waals surface area contributed by atoms with Crippen LogP contribution in [0.1, 0.15) is 33.3 Å². The van der Waals surface area contributed by atoms with Crippen LogP contribution in [-0.2, 0) is 4.74 Å². The Labute approximate surface area is 110 Å². The summed E-state index contributed by atoms with van der Waals surface area (Å²) in [5, 5.41) is 1.92. The van der Waals surface area contributed by atoms with Crippen LogP contribution in [0, 0.1) is 0 Å².